The predicted molar refractivity (Wildman–Crippen MR) is 87.1 cm³/mol. The number of nitrogens with zero attached hydrogens (tertiary/aromatic N) is 2. The molecule has 2 atom stereocenters. The molecule has 0 radical (unpaired) electrons. The number of carboxylic acid groups (broad SMARTS) is 1. The van der Waals surface area contributed by atoms with Crippen LogP contribution in [-0.2, 0) is 4.79 Å². The highest BCUT2D eigenvalue weighted by atomic mass is 16.4. The highest BCUT2D eigenvalue weighted by molar-refractivity contribution is 5.76. The summed E-state index contributed by atoms with van der Waals surface area (Å²) in [5.74, 6) is -0.384. The monoisotopic (exact) mass is 302 g/mol. The minimum atomic E-state index is -0.723. The molecule has 22 heavy (non-hydrogen) atoms. The minimum Gasteiger partial charge on any atom is -0.480 e. The Morgan fingerprint density at radius 2 is 1.91 bits per heavy atom. The maximum Gasteiger partial charge on any atom is 0.325 e. The summed E-state index contributed by atoms with van der Waals surface area (Å²) in [6.45, 7) is 8.17. The van der Waals surface area contributed by atoms with E-state index in [0.717, 1.165) is 30.8 Å². The molecule has 3 rings (SSSR count). The molecule has 2 aliphatic heterocycles. The van der Waals surface area contributed by atoms with E-state index in [1.165, 1.54) is 19.4 Å². The smallest absolute Gasteiger partial charge is 0.325 e. The fourth-order valence-electron chi connectivity index (χ4n) is 4.02. The van der Waals surface area contributed by atoms with Crippen molar-refractivity contribution < 1.29 is 9.90 Å². The summed E-state index contributed by atoms with van der Waals surface area (Å²) in [6.07, 6.45) is 2.45. The first-order chi connectivity index (χ1) is 10.6. The van der Waals surface area contributed by atoms with Gasteiger partial charge in [0.2, 0.25) is 0 Å². The summed E-state index contributed by atoms with van der Waals surface area (Å²) < 4.78 is 0. The minimum absolute atomic E-state index is 0.339. The van der Waals surface area contributed by atoms with Gasteiger partial charge in [-0.1, -0.05) is 38.1 Å². The van der Waals surface area contributed by atoms with Gasteiger partial charge in [-0.15, -0.1) is 0 Å². The van der Waals surface area contributed by atoms with E-state index in [1.807, 2.05) is 18.2 Å². The quantitative estimate of drug-likeness (QED) is 0.929. The molecule has 0 aliphatic carbocycles. The van der Waals surface area contributed by atoms with Gasteiger partial charge in [0, 0.05) is 25.7 Å². The Morgan fingerprint density at radius 1 is 1.18 bits per heavy atom. The third-order valence-corrected chi connectivity index (χ3v) is 5.13. The van der Waals surface area contributed by atoms with Gasteiger partial charge in [0.1, 0.15) is 6.04 Å². The zero-order valence-electron chi connectivity index (χ0n) is 13.5. The second kappa shape index (κ2) is 6.39. The van der Waals surface area contributed by atoms with Crippen LogP contribution in [0.4, 0.5) is 0 Å². The molecule has 4 nitrogen and oxygen atoms in total. The molecule has 0 aromatic heterocycles. The second-order valence-electron chi connectivity index (χ2n) is 6.85. The lowest BCUT2D eigenvalue weighted by Gasteiger charge is -2.40. The molecule has 1 aromatic carbocycles. The lowest BCUT2D eigenvalue weighted by Crippen LogP contribution is -2.52. The maximum absolute atomic E-state index is 12.0. The Kier molecular flexibility index (Phi) is 4.50. The van der Waals surface area contributed by atoms with Crippen molar-refractivity contribution in [3.63, 3.8) is 0 Å². The number of hydrogen-bond acceptors (Lipinski definition) is 3. The lowest BCUT2D eigenvalue weighted by atomic mass is 9.91. The van der Waals surface area contributed by atoms with E-state index >= 15 is 0 Å². The number of piperazine rings is 1. The number of hydrogen-bond donors (Lipinski definition) is 1. The van der Waals surface area contributed by atoms with Gasteiger partial charge >= 0.3 is 5.97 Å². The molecular weight excluding hydrogens is 276 g/mol. The summed E-state index contributed by atoms with van der Waals surface area (Å²) in [6, 6.07) is 8.06. The molecule has 1 N–H and O–H groups in total. The van der Waals surface area contributed by atoms with Gasteiger partial charge in [0.15, 0.2) is 0 Å². The highest BCUT2D eigenvalue weighted by Gasteiger charge is 2.37. The summed E-state index contributed by atoms with van der Waals surface area (Å²) in [7, 11) is 0. The van der Waals surface area contributed by atoms with Crippen molar-refractivity contribution in [3.8, 4) is 0 Å². The third-order valence-electron chi connectivity index (χ3n) is 5.13. The zero-order chi connectivity index (χ0) is 15.7. The number of rotatable bonds is 4. The van der Waals surface area contributed by atoms with Crippen molar-refractivity contribution >= 4 is 5.97 Å². The molecule has 1 aromatic rings. The van der Waals surface area contributed by atoms with Crippen LogP contribution < -0.4 is 0 Å². The fraction of sp³-hybridized carbons (Fsp3) is 0.611. The van der Waals surface area contributed by atoms with Crippen molar-refractivity contribution in [2.75, 3.05) is 26.2 Å². The molecule has 0 amide bonds. The molecule has 0 spiro atoms. The average molecular weight is 302 g/mol. The first kappa shape index (κ1) is 15.5. The van der Waals surface area contributed by atoms with E-state index in [-0.39, 0.29) is 0 Å². The van der Waals surface area contributed by atoms with Gasteiger partial charge in [-0.25, -0.2) is 0 Å². The standard InChI is InChI=1S/C18H26N2O2/c1-13(2)15-7-3-4-8-16(15)17(18(21)22)20-11-10-19-9-5-6-14(19)12-20/h3-4,7-8,13-14,17H,5-6,9-12H2,1-2H3,(H,21,22)/t14-,17?/m1/s1. The average Bonchev–Trinajstić information content (AvgIpc) is 2.95. The lowest BCUT2D eigenvalue weighted by molar-refractivity contribution is -0.144. The SMILES string of the molecule is CC(C)c1ccccc1C(C(=O)O)N1CCN2CCC[C@@H]2C1. The van der Waals surface area contributed by atoms with E-state index < -0.39 is 12.0 Å². The number of carbonyl (C=O) groups is 1. The second-order valence-corrected chi connectivity index (χ2v) is 6.85. The number of carboxylic acids is 1. The molecule has 2 fully saturated rings. The Hall–Kier alpha value is -1.39. The molecule has 1 unspecified atom stereocenters. The maximum atomic E-state index is 12.0. The first-order valence-electron chi connectivity index (χ1n) is 8.37. The van der Waals surface area contributed by atoms with Crippen molar-refractivity contribution in [1.29, 1.82) is 0 Å². The molecule has 2 heterocycles. The van der Waals surface area contributed by atoms with E-state index in [9.17, 15) is 9.90 Å². The normalized spacial score (nSPS) is 24.4. The highest BCUT2D eigenvalue weighted by Crippen LogP contribution is 2.32. The topological polar surface area (TPSA) is 43.8 Å². The Morgan fingerprint density at radius 3 is 2.59 bits per heavy atom. The van der Waals surface area contributed by atoms with Crippen LogP contribution in [0, 0.1) is 0 Å². The van der Waals surface area contributed by atoms with Crippen molar-refractivity contribution in [3.05, 3.63) is 35.4 Å². The van der Waals surface area contributed by atoms with Crippen LogP contribution in [0.2, 0.25) is 0 Å². The van der Waals surface area contributed by atoms with Gasteiger partial charge in [-0.2, -0.15) is 0 Å². The van der Waals surface area contributed by atoms with Gasteiger partial charge in [0.05, 0.1) is 0 Å². The van der Waals surface area contributed by atoms with Crippen LogP contribution >= 0.6 is 0 Å². The van der Waals surface area contributed by atoms with E-state index in [1.54, 1.807) is 0 Å². The van der Waals surface area contributed by atoms with Crippen LogP contribution in [0.15, 0.2) is 24.3 Å². The molecule has 0 bridgehead atoms. The summed E-state index contributed by atoms with van der Waals surface area (Å²) in [5.41, 5.74) is 2.13. The van der Waals surface area contributed by atoms with Crippen LogP contribution in [-0.4, -0.2) is 53.1 Å². The Labute approximate surface area is 132 Å². The van der Waals surface area contributed by atoms with Crippen molar-refractivity contribution in [2.24, 2.45) is 0 Å². The van der Waals surface area contributed by atoms with Crippen LogP contribution in [0.25, 0.3) is 0 Å². The molecular formula is C18H26N2O2. The van der Waals surface area contributed by atoms with Gasteiger partial charge in [-0.05, 0) is 36.4 Å². The largest absolute Gasteiger partial charge is 0.480 e. The van der Waals surface area contributed by atoms with Gasteiger partial charge < -0.3 is 5.11 Å². The Balaban J connectivity index is 1.89. The summed E-state index contributed by atoms with van der Waals surface area (Å²) >= 11 is 0. The van der Waals surface area contributed by atoms with Crippen molar-refractivity contribution in [1.82, 2.24) is 9.80 Å². The number of aliphatic carboxylic acids is 1. The third kappa shape index (κ3) is 2.90. The predicted octanol–water partition coefficient (Wildman–Crippen LogP) is 2.72. The molecule has 2 aliphatic rings. The molecule has 4 heteroatoms. The molecule has 0 saturated carbocycles. The van der Waals surface area contributed by atoms with E-state index in [4.69, 9.17) is 0 Å². The van der Waals surface area contributed by atoms with Crippen LogP contribution in [0.3, 0.4) is 0 Å². The number of benzene rings is 1. The Bertz CT molecular complexity index is 544. The zero-order valence-corrected chi connectivity index (χ0v) is 13.5. The van der Waals surface area contributed by atoms with E-state index in [0.29, 0.717) is 12.0 Å². The summed E-state index contributed by atoms with van der Waals surface area (Å²) in [4.78, 5) is 16.7. The molecule has 2 saturated heterocycles. The van der Waals surface area contributed by atoms with E-state index in [2.05, 4.69) is 29.7 Å². The van der Waals surface area contributed by atoms with Gasteiger partial charge in [-0.3, -0.25) is 14.6 Å². The first-order valence-corrected chi connectivity index (χ1v) is 8.37. The fourth-order valence-corrected chi connectivity index (χ4v) is 4.02. The van der Waals surface area contributed by atoms with Gasteiger partial charge in [0.25, 0.3) is 0 Å². The summed E-state index contributed by atoms with van der Waals surface area (Å²) in [5, 5.41) is 9.87. The van der Waals surface area contributed by atoms with Crippen LogP contribution in [0.5, 0.6) is 0 Å². The molecule has 120 valence electrons. The van der Waals surface area contributed by atoms with Crippen LogP contribution in [0.1, 0.15) is 49.8 Å². The van der Waals surface area contributed by atoms with Crippen molar-refractivity contribution in [2.45, 2.75) is 44.7 Å². The number of fused-ring (bicyclic) bond motifs is 1.